The molecule has 8 aromatic rings. The molecule has 8 heterocycles. The topological polar surface area (TPSA) is 218 Å². The van der Waals surface area contributed by atoms with E-state index >= 15 is 0 Å². The molecule has 0 amide bonds. The van der Waals surface area contributed by atoms with Gasteiger partial charge in [0.1, 0.15) is 16.7 Å². The molecule has 0 saturated carbocycles. The van der Waals surface area contributed by atoms with Crippen molar-refractivity contribution in [3.8, 4) is 22.5 Å². The number of ether oxygens (including phenoxy) is 1. The third kappa shape index (κ3) is 8.53. The highest BCUT2D eigenvalue weighted by atomic mass is 32.1. The quantitative estimate of drug-likeness (QED) is 0.0675. The molecular formula is C34H42N16OS2Si. The predicted molar refractivity (Wildman–Crippen MR) is 215 cm³/mol. The van der Waals surface area contributed by atoms with Crippen molar-refractivity contribution in [2.45, 2.75) is 59.4 Å². The van der Waals surface area contributed by atoms with Crippen LogP contribution in [0.5, 0.6) is 0 Å². The molecule has 0 aliphatic rings. The summed E-state index contributed by atoms with van der Waals surface area (Å²) in [6.07, 6.45) is 15.0. The molecule has 0 atom stereocenters. The summed E-state index contributed by atoms with van der Waals surface area (Å²) >= 11 is 2.71. The van der Waals surface area contributed by atoms with Crippen molar-refractivity contribution in [2.24, 2.45) is 11.5 Å². The number of nitrogens with zero attached hydrogens (tertiary/aromatic N) is 11. The molecule has 0 saturated heterocycles. The van der Waals surface area contributed by atoms with E-state index in [1.807, 2.05) is 82.8 Å². The Balaban J connectivity index is 0.000000174. The molecule has 0 bridgehead atoms. The molecule has 20 heteroatoms. The standard InChI is InChI=1S/C20H28N8OSSi.C14H14N8S/c1-14-11-28-17(15-9-23-27(12-15)13-29-5-6-31(2,3)4)10-22-20(28)19(24-14)25-18-7-16(8-21)26-30-18;1-8-7-22-11(9-4-17-18-5-9)6-16-14(22)13(19-8)20-12-2-10(3-15)21-23-12/h7,9-12H,5-6,8,13,21H2,1-4H3,(H,24,25);2,4-7H,3,15H2,1H3,(H,17,18)(H,19,20). The van der Waals surface area contributed by atoms with Gasteiger partial charge in [-0.25, -0.2) is 24.6 Å². The summed E-state index contributed by atoms with van der Waals surface area (Å²) in [5.41, 5.74) is 20.1. The Morgan fingerprint density at radius 1 is 0.778 bits per heavy atom. The normalized spacial score (nSPS) is 11.7. The number of hydrogen-bond acceptors (Lipinski definition) is 15. The van der Waals surface area contributed by atoms with Crippen LogP contribution in [0.3, 0.4) is 0 Å². The van der Waals surface area contributed by atoms with Crippen LogP contribution in [0, 0.1) is 13.8 Å². The van der Waals surface area contributed by atoms with Crippen LogP contribution in [-0.4, -0.2) is 72.1 Å². The SMILES string of the molecule is Cc1cn2c(-c3cn[nH]c3)cnc2c(Nc2cc(CN)ns2)n1.Cc1cn2c(-c3cnn(COCC[Si](C)(C)C)c3)cnc2c(Nc2cc(CN)ns2)n1. The van der Waals surface area contributed by atoms with Crippen LogP contribution in [0.25, 0.3) is 33.8 Å². The number of H-pyrrole nitrogens is 1. The summed E-state index contributed by atoms with van der Waals surface area (Å²) in [7, 11) is -1.09. The first-order chi connectivity index (χ1) is 26.1. The van der Waals surface area contributed by atoms with E-state index in [-0.39, 0.29) is 0 Å². The van der Waals surface area contributed by atoms with Crippen LogP contribution >= 0.6 is 23.1 Å². The van der Waals surface area contributed by atoms with Gasteiger partial charge < -0.3 is 26.8 Å². The van der Waals surface area contributed by atoms with E-state index in [2.05, 4.69) is 74.3 Å². The number of aromatic amines is 1. The molecule has 0 aliphatic heterocycles. The van der Waals surface area contributed by atoms with Gasteiger partial charge in [0.2, 0.25) is 0 Å². The van der Waals surface area contributed by atoms with Gasteiger partial charge in [-0.2, -0.15) is 18.9 Å². The minimum atomic E-state index is -1.09. The summed E-state index contributed by atoms with van der Waals surface area (Å²) in [4.78, 5) is 18.3. The summed E-state index contributed by atoms with van der Waals surface area (Å²) in [5, 5.41) is 19.6. The van der Waals surface area contributed by atoms with Crippen LogP contribution in [0.4, 0.5) is 21.6 Å². The molecule has 0 spiro atoms. The third-order valence-corrected chi connectivity index (χ3v) is 11.4. The molecular weight excluding hydrogens is 741 g/mol. The monoisotopic (exact) mass is 782 g/mol. The number of imidazole rings is 2. The number of aromatic nitrogens is 12. The zero-order chi connectivity index (χ0) is 37.8. The molecule has 0 aromatic carbocycles. The van der Waals surface area contributed by atoms with E-state index in [0.29, 0.717) is 31.5 Å². The Morgan fingerprint density at radius 2 is 1.35 bits per heavy atom. The van der Waals surface area contributed by atoms with Crippen LogP contribution in [0.2, 0.25) is 25.7 Å². The van der Waals surface area contributed by atoms with Gasteiger partial charge in [-0.1, -0.05) is 19.6 Å². The number of fused-ring (bicyclic) bond motifs is 2. The number of anilines is 4. The fourth-order valence-corrected chi connectivity index (χ4v) is 7.58. The Labute approximate surface area is 320 Å². The second-order valence-corrected chi connectivity index (χ2v) is 21.0. The number of rotatable bonds is 13. The highest BCUT2D eigenvalue weighted by Crippen LogP contribution is 2.29. The first kappa shape index (κ1) is 37.0. The fourth-order valence-electron chi connectivity index (χ4n) is 5.47. The molecule has 0 unspecified atom stereocenters. The molecule has 17 nitrogen and oxygen atoms in total. The maximum Gasteiger partial charge on any atom is 0.180 e. The minimum Gasteiger partial charge on any atom is -0.360 e. The van der Waals surface area contributed by atoms with Crippen LogP contribution in [0.1, 0.15) is 22.8 Å². The molecule has 8 rings (SSSR count). The van der Waals surface area contributed by atoms with Crippen molar-refractivity contribution >= 4 is 64.1 Å². The minimum absolute atomic E-state index is 0.411. The molecule has 7 N–H and O–H groups in total. The molecule has 0 radical (unpaired) electrons. The number of hydrogen-bond donors (Lipinski definition) is 5. The van der Waals surface area contributed by atoms with Gasteiger partial charge in [0.15, 0.2) is 22.9 Å². The van der Waals surface area contributed by atoms with Gasteiger partial charge in [0.05, 0.1) is 59.0 Å². The zero-order valence-corrected chi connectivity index (χ0v) is 33.2. The number of nitrogens with two attached hydrogens (primary N) is 2. The van der Waals surface area contributed by atoms with Gasteiger partial charge in [0.25, 0.3) is 0 Å². The van der Waals surface area contributed by atoms with E-state index in [0.717, 1.165) is 79.2 Å². The Hall–Kier alpha value is -5.38. The predicted octanol–water partition coefficient (Wildman–Crippen LogP) is 5.96. The summed E-state index contributed by atoms with van der Waals surface area (Å²) in [6, 6.07) is 5.00. The lowest BCUT2D eigenvalue weighted by molar-refractivity contribution is 0.0786. The summed E-state index contributed by atoms with van der Waals surface area (Å²) < 4.78 is 20.2. The maximum absolute atomic E-state index is 5.81. The fraction of sp³-hybridized carbons (Fsp3) is 0.294. The second kappa shape index (κ2) is 15.9. The van der Waals surface area contributed by atoms with Crippen molar-refractivity contribution in [1.82, 2.24) is 57.5 Å². The van der Waals surface area contributed by atoms with E-state index in [4.69, 9.17) is 16.2 Å². The Morgan fingerprint density at radius 3 is 1.85 bits per heavy atom. The van der Waals surface area contributed by atoms with Crippen LogP contribution in [-0.2, 0) is 24.6 Å². The average Bonchev–Trinajstić information content (AvgIpc) is 3.98. The third-order valence-electron chi connectivity index (χ3n) is 8.19. The van der Waals surface area contributed by atoms with Crippen molar-refractivity contribution in [1.29, 1.82) is 0 Å². The van der Waals surface area contributed by atoms with Crippen LogP contribution < -0.4 is 22.1 Å². The van der Waals surface area contributed by atoms with E-state index in [1.54, 1.807) is 6.20 Å². The van der Waals surface area contributed by atoms with Gasteiger partial charge in [-0.15, -0.1) is 0 Å². The molecule has 280 valence electrons. The number of aryl methyl sites for hydroxylation is 2. The molecule has 0 fully saturated rings. The highest BCUT2D eigenvalue weighted by Gasteiger charge is 2.16. The van der Waals surface area contributed by atoms with E-state index in [1.165, 1.54) is 23.1 Å². The lowest BCUT2D eigenvalue weighted by Gasteiger charge is -2.15. The number of nitrogens with one attached hydrogen (secondary N) is 3. The maximum atomic E-state index is 5.81. The van der Waals surface area contributed by atoms with E-state index in [9.17, 15) is 0 Å². The van der Waals surface area contributed by atoms with Crippen LogP contribution in [0.15, 0.2) is 61.7 Å². The summed E-state index contributed by atoms with van der Waals surface area (Å²) in [6.45, 7) is 13.0. The lowest BCUT2D eigenvalue weighted by atomic mass is 10.3. The highest BCUT2D eigenvalue weighted by molar-refractivity contribution is 7.10. The van der Waals surface area contributed by atoms with Gasteiger partial charge in [-0.3, -0.25) is 13.9 Å². The van der Waals surface area contributed by atoms with Gasteiger partial charge in [-0.05, 0) is 55.1 Å². The summed E-state index contributed by atoms with van der Waals surface area (Å²) in [5.74, 6) is 1.37. The largest absolute Gasteiger partial charge is 0.360 e. The van der Waals surface area contributed by atoms with Crippen molar-refractivity contribution < 1.29 is 4.74 Å². The van der Waals surface area contributed by atoms with Gasteiger partial charge in [0, 0.05) is 63.7 Å². The Bertz CT molecular complexity index is 2470. The van der Waals surface area contributed by atoms with E-state index < -0.39 is 8.07 Å². The van der Waals surface area contributed by atoms with Gasteiger partial charge >= 0.3 is 0 Å². The average molecular weight is 783 g/mol. The Kier molecular flexibility index (Phi) is 10.9. The zero-order valence-electron chi connectivity index (χ0n) is 30.6. The lowest BCUT2D eigenvalue weighted by Crippen LogP contribution is -2.22. The molecule has 54 heavy (non-hydrogen) atoms. The molecule has 8 aromatic heterocycles. The smallest absolute Gasteiger partial charge is 0.180 e. The van der Waals surface area contributed by atoms with Crippen molar-refractivity contribution in [3.63, 3.8) is 0 Å². The first-order valence-corrected chi connectivity index (χ1v) is 22.5. The molecule has 0 aliphatic carbocycles. The first-order valence-electron chi connectivity index (χ1n) is 17.2. The van der Waals surface area contributed by atoms with Crippen molar-refractivity contribution in [2.75, 3.05) is 17.2 Å². The second-order valence-electron chi connectivity index (χ2n) is 13.8. The van der Waals surface area contributed by atoms with Crippen molar-refractivity contribution in [3.05, 3.63) is 84.5 Å².